The third-order valence-corrected chi connectivity index (χ3v) is 3.83. The molecule has 1 aliphatic rings. The largest absolute Gasteiger partial charge is 0.391 e. The fourth-order valence-corrected chi connectivity index (χ4v) is 2.73. The van der Waals surface area contributed by atoms with Crippen molar-refractivity contribution in [2.24, 2.45) is 0 Å². The van der Waals surface area contributed by atoms with Crippen LogP contribution in [-0.4, -0.2) is 39.3 Å². The van der Waals surface area contributed by atoms with Gasteiger partial charge in [-0.3, -0.25) is 0 Å². The predicted molar refractivity (Wildman–Crippen MR) is 81.5 cm³/mol. The first kappa shape index (κ1) is 14.2. The number of halogens is 1. The van der Waals surface area contributed by atoms with Crippen molar-refractivity contribution in [1.29, 1.82) is 0 Å². The maximum Gasteiger partial charge on any atom is 0.225 e. The lowest BCUT2D eigenvalue weighted by Gasteiger charge is -2.32. The summed E-state index contributed by atoms with van der Waals surface area (Å²) in [5.74, 6) is 0.663. The summed E-state index contributed by atoms with van der Waals surface area (Å²) in [5.41, 5.74) is 2.27. The average Bonchev–Trinajstić information content (AvgIpc) is 2.48. The molecule has 0 aliphatic carbocycles. The molecule has 1 aliphatic heterocycles. The Bertz CT molecular complexity index is 605. The second kappa shape index (κ2) is 6.37. The average molecular weight is 305 g/mol. The molecule has 110 valence electrons. The van der Waals surface area contributed by atoms with E-state index in [1.54, 1.807) is 0 Å². The second-order valence-corrected chi connectivity index (χ2v) is 5.59. The Hall–Kier alpha value is -1.72. The van der Waals surface area contributed by atoms with E-state index in [1.165, 1.54) is 6.33 Å². The topological polar surface area (TPSA) is 62.1 Å². The summed E-state index contributed by atoms with van der Waals surface area (Å²) in [6, 6.07) is 8.29. The summed E-state index contributed by atoms with van der Waals surface area (Å²) < 4.78 is 0. The summed E-state index contributed by atoms with van der Waals surface area (Å²) in [7, 11) is 0. The van der Waals surface area contributed by atoms with E-state index in [-0.39, 0.29) is 11.4 Å². The summed E-state index contributed by atoms with van der Waals surface area (Å²) in [6.45, 7) is 1.71. The lowest BCUT2D eigenvalue weighted by Crippen LogP contribution is -2.38. The van der Waals surface area contributed by atoms with Crippen molar-refractivity contribution in [2.45, 2.75) is 25.4 Å². The lowest BCUT2D eigenvalue weighted by atomic mass is 10.1. The highest BCUT2D eigenvalue weighted by molar-refractivity contribution is 6.28. The van der Waals surface area contributed by atoms with Crippen LogP contribution in [0.4, 0.5) is 5.69 Å². The molecule has 2 aromatic rings. The SMILES string of the molecule is O[C@@H]1CCCN(c2ccc(Cc3ncnc(Cl)n3)cc2)C1. The van der Waals surface area contributed by atoms with Crippen molar-refractivity contribution in [2.75, 3.05) is 18.0 Å². The number of anilines is 1. The van der Waals surface area contributed by atoms with Crippen LogP contribution in [-0.2, 0) is 6.42 Å². The molecule has 0 spiro atoms. The fraction of sp³-hybridized carbons (Fsp3) is 0.400. The molecular formula is C15H17ClN4O. The monoisotopic (exact) mass is 304 g/mol. The smallest absolute Gasteiger partial charge is 0.225 e. The Morgan fingerprint density at radius 1 is 1.24 bits per heavy atom. The Morgan fingerprint density at radius 2 is 2.05 bits per heavy atom. The molecule has 5 nitrogen and oxygen atoms in total. The summed E-state index contributed by atoms with van der Waals surface area (Å²) in [4.78, 5) is 14.2. The van der Waals surface area contributed by atoms with Crippen LogP contribution in [0, 0.1) is 0 Å². The van der Waals surface area contributed by atoms with Gasteiger partial charge in [-0.2, -0.15) is 0 Å². The van der Waals surface area contributed by atoms with Gasteiger partial charge in [0.05, 0.1) is 6.10 Å². The second-order valence-electron chi connectivity index (χ2n) is 5.26. The summed E-state index contributed by atoms with van der Waals surface area (Å²) in [5, 5.41) is 9.96. The summed E-state index contributed by atoms with van der Waals surface area (Å²) >= 11 is 5.76. The van der Waals surface area contributed by atoms with E-state index in [4.69, 9.17) is 11.6 Å². The van der Waals surface area contributed by atoms with Crippen molar-refractivity contribution in [3.63, 3.8) is 0 Å². The number of β-amino-alcohol motifs (C(OH)–C–C–N with tert-alkyl or cyclic N) is 1. The van der Waals surface area contributed by atoms with Crippen LogP contribution < -0.4 is 4.90 Å². The van der Waals surface area contributed by atoms with Gasteiger partial charge in [0.2, 0.25) is 5.28 Å². The molecular weight excluding hydrogens is 288 g/mol. The normalized spacial score (nSPS) is 18.8. The molecule has 0 unspecified atom stereocenters. The zero-order valence-corrected chi connectivity index (χ0v) is 12.4. The summed E-state index contributed by atoms with van der Waals surface area (Å²) in [6.07, 6.45) is 3.77. The third kappa shape index (κ3) is 3.68. The number of hydrogen-bond acceptors (Lipinski definition) is 5. The van der Waals surface area contributed by atoms with E-state index in [9.17, 15) is 5.11 Å². The van der Waals surface area contributed by atoms with Crippen molar-refractivity contribution < 1.29 is 5.11 Å². The first-order chi connectivity index (χ1) is 10.2. The Kier molecular flexibility index (Phi) is 4.31. The van der Waals surface area contributed by atoms with Crippen molar-refractivity contribution in [3.05, 3.63) is 47.3 Å². The van der Waals surface area contributed by atoms with Gasteiger partial charge in [0, 0.05) is 25.2 Å². The lowest BCUT2D eigenvalue weighted by molar-refractivity contribution is 0.154. The minimum absolute atomic E-state index is 0.217. The van der Waals surface area contributed by atoms with Gasteiger partial charge in [-0.1, -0.05) is 12.1 Å². The number of nitrogens with zero attached hydrogens (tertiary/aromatic N) is 4. The zero-order valence-electron chi connectivity index (χ0n) is 11.6. The van der Waals surface area contributed by atoms with Gasteiger partial charge >= 0.3 is 0 Å². The van der Waals surface area contributed by atoms with Crippen LogP contribution >= 0.6 is 11.6 Å². The van der Waals surface area contributed by atoms with Gasteiger partial charge in [-0.05, 0) is 42.1 Å². The molecule has 1 saturated heterocycles. The van der Waals surface area contributed by atoms with E-state index in [0.717, 1.165) is 30.6 Å². The van der Waals surface area contributed by atoms with Crippen LogP contribution in [0.1, 0.15) is 24.2 Å². The molecule has 21 heavy (non-hydrogen) atoms. The maximum atomic E-state index is 9.74. The number of benzene rings is 1. The highest BCUT2D eigenvalue weighted by Crippen LogP contribution is 2.21. The van der Waals surface area contributed by atoms with Gasteiger partial charge in [0.15, 0.2) is 0 Å². The van der Waals surface area contributed by atoms with Crippen molar-refractivity contribution >= 4 is 17.3 Å². The first-order valence-electron chi connectivity index (χ1n) is 7.06. The zero-order chi connectivity index (χ0) is 14.7. The molecule has 2 heterocycles. The van der Waals surface area contributed by atoms with Gasteiger partial charge in [-0.25, -0.2) is 15.0 Å². The Morgan fingerprint density at radius 3 is 2.76 bits per heavy atom. The number of aliphatic hydroxyl groups excluding tert-OH is 1. The molecule has 1 aromatic heterocycles. The van der Waals surface area contributed by atoms with Gasteiger partial charge < -0.3 is 10.0 Å². The van der Waals surface area contributed by atoms with Gasteiger partial charge in [-0.15, -0.1) is 0 Å². The third-order valence-electron chi connectivity index (χ3n) is 3.65. The number of rotatable bonds is 3. The van der Waals surface area contributed by atoms with E-state index in [1.807, 2.05) is 0 Å². The molecule has 6 heteroatoms. The van der Waals surface area contributed by atoms with E-state index >= 15 is 0 Å². The number of aliphatic hydroxyl groups is 1. The fourth-order valence-electron chi connectivity index (χ4n) is 2.59. The van der Waals surface area contributed by atoms with Crippen molar-refractivity contribution in [3.8, 4) is 0 Å². The molecule has 0 saturated carbocycles. The van der Waals surface area contributed by atoms with Crippen LogP contribution in [0.3, 0.4) is 0 Å². The molecule has 0 amide bonds. The Balaban J connectivity index is 1.69. The van der Waals surface area contributed by atoms with E-state index < -0.39 is 0 Å². The minimum Gasteiger partial charge on any atom is -0.391 e. The molecule has 3 rings (SSSR count). The quantitative estimate of drug-likeness (QED) is 0.940. The Labute approximate surface area is 128 Å². The highest BCUT2D eigenvalue weighted by atomic mass is 35.5. The van der Waals surface area contributed by atoms with Crippen LogP contribution in [0.2, 0.25) is 5.28 Å². The first-order valence-corrected chi connectivity index (χ1v) is 7.44. The molecule has 1 N–H and O–H groups in total. The number of aromatic nitrogens is 3. The standard InChI is InChI=1S/C15H17ClN4O/c16-15-18-10-17-14(19-15)8-11-3-5-12(6-4-11)20-7-1-2-13(21)9-20/h3-6,10,13,21H,1-2,7-9H2/t13-/m1/s1. The minimum atomic E-state index is -0.217. The van der Waals surface area contributed by atoms with Crippen LogP contribution in [0.15, 0.2) is 30.6 Å². The maximum absolute atomic E-state index is 9.74. The van der Waals surface area contributed by atoms with Crippen LogP contribution in [0.5, 0.6) is 0 Å². The molecule has 1 aromatic carbocycles. The van der Waals surface area contributed by atoms with Gasteiger partial charge in [0.25, 0.3) is 0 Å². The van der Waals surface area contributed by atoms with E-state index in [2.05, 4.69) is 44.1 Å². The van der Waals surface area contributed by atoms with E-state index in [0.29, 0.717) is 18.8 Å². The molecule has 0 radical (unpaired) electrons. The van der Waals surface area contributed by atoms with Gasteiger partial charge in [0.1, 0.15) is 12.2 Å². The number of piperidine rings is 1. The molecule has 1 fully saturated rings. The number of hydrogen-bond donors (Lipinski definition) is 1. The molecule has 1 atom stereocenters. The predicted octanol–water partition coefficient (Wildman–Crippen LogP) is 2.08. The van der Waals surface area contributed by atoms with Crippen molar-refractivity contribution in [1.82, 2.24) is 15.0 Å². The highest BCUT2D eigenvalue weighted by Gasteiger charge is 2.17. The van der Waals surface area contributed by atoms with Crippen LogP contribution in [0.25, 0.3) is 0 Å². The molecule has 0 bridgehead atoms.